The molecule has 91 heavy (non-hydrogen) atoms. The monoisotopic (exact) mass is 1280 g/mol. The molecule has 0 bridgehead atoms. The molecule has 0 saturated heterocycles. The second kappa shape index (κ2) is 38.0. The quantitative estimate of drug-likeness (QED) is 0.0301. The second-order valence-corrected chi connectivity index (χ2v) is 23.8. The zero-order valence-electron chi connectivity index (χ0n) is 54.7. The Bertz CT molecular complexity index is 2880. The number of amides is 9. The van der Waals surface area contributed by atoms with Gasteiger partial charge < -0.3 is 63.5 Å². The van der Waals surface area contributed by atoms with Gasteiger partial charge in [0.2, 0.25) is 53.2 Å². The summed E-state index contributed by atoms with van der Waals surface area (Å²) in [7, 11) is 0. The van der Waals surface area contributed by atoms with Gasteiger partial charge in [0.1, 0.15) is 35.2 Å². The Morgan fingerprint density at radius 2 is 0.615 bits per heavy atom. The molecule has 31 heteroatoms. The number of aromatic nitrogens is 6. The van der Waals surface area contributed by atoms with Gasteiger partial charge in [-0.2, -0.15) is 0 Å². The van der Waals surface area contributed by atoms with E-state index in [4.69, 9.17) is 0 Å². The predicted molar refractivity (Wildman–Crippen MR) is 333 cm³/mol. The second-order valence-electron chi connectivity index (χ2n) is 23.8. The van der Waals surface area contributed by atoms with Crippen LogP contribution in [-0.2, 0) is 62.4 Å². The lowest BCUT2D eigenvalue weighted by Gasteiger charge is -2.23. The highest BCUT2D eigenvalue weighted by molar-refractivity contribution is 5.90. The van der Waals surface area contributed by atoms with Crippen LogP contribution in [0.1, 0.15) is 151 Å². The van der Waals surface area contributed by atoms with Crippen LogP contribution in [0.5, 0.6) is 0 Å². The first-order valence-electron chi connectivity index (χ1n) is 30.9. The molecule has 0 radical (unpaired) electrons. The summed E-state index contributed by atoms with van der Waals surface area (Å²) in [6, 6.07) is -2.83. The summed E-state index contributed by atoms with van der Waals surface area (Å²) < 4.78 is 1.44. The largest absolute Gasteiger partial charge is 0.425 e. The molecule has 0 spiro atoms. The summed E-state index contributed by atoms with van der Waals surface area (Å²) in [5.41, 5.74) is -0.156. The lowest BCUT2D eigenvalue weighted by Crippen LogP contribution is -2.48. The van der Waals surface area contributed by atoms with Crippen LogP contribution in [0.15, 0.2) is 14.4 Å². The third kappa shape index (κ3) is 26.7. The molecule has 0 aliphatic heterocycles. The van der Waals surface area contributed by atoms with Crippen LogP contribution in [0.3, 0.4) is 0 Å². The molecule has 31 nitrogen and oxygen atoms in total. The smallest absolute Gasteiger partial charge is 0.304 e. The van der Waals surface area contributed by atoms with Crippen molar-refractivity contribution in [2.75, 3.05) is 58.9 Å². The summed E-state index contributed by atoms with van der Waals surface area (Å²) in [5.74, 6) is -4.31. The highest BCUT2D eigenvalue weighted by atomic mass is 16.5. The van der Waals surface area contributed by atoms with Crippen molar-refractivity contribution in [3.8, 4) is 0 Å². The van der Waals surface area contributed by atoms with Gasteiger partial charge in [0, 0.05) is 117 Å². The molecule has 0 fully saturated rings. The van der Waals surface area contributed by atoms with Gasteiger partial charge in [-0.3, -0.25) is 77.4 Å². The molecule has 3 heterocycles. The highest BCUT2D eigenvalue weighted by Crippen LogP contribution is 2.11. The fraction of sp³-hybridized carbons (Fsp3) is 0.650. The van der Waals surface area contributed by atoms with Gasteiger partial charge in [0.25, 0.3) is 0 Å². The minimum absolute atomic E-state index is 0.00302. The first-order chi connectivity index (χ1) is 42.8. The minimum Gasteiger partial charge on any atom is -0.425 e. The molecule has 9 amide bonds. The highest BCUT2D eigenvalue weighted by Gasteiger charge is 2.26. The lowest BCUT2D eigenvalue weighted by molar-refractivity contribution is -0.129. The Kier molecular flexibility index (Phi) is 32.0. The number of nitrogens with one attached hydrogen (secondary N) is 9. The van der Waals surface area contributed by atoms with E-state index in [-0.39, 0.29) is 188 Å². The first-order valence-corrected chi connectivity index (χ1v) is 30.9. The predicted octanol–water partition coefficient (Wildman–Crippen LogP) is -1.12. The molecule has 0 saturated carbocycles. The number of carbonyl (C=O) groups excluding carboxylic acids is 9. The van der Waals surface area contributed by atoms with E-state index < -0.39 is 88.0 Å². The van der Waals surface area contributed by atoms with Crippen molar-refractivity contribution in [3.05, 3.63) is 82.3 Å². The van der Waals surface area contributed by atoms with E-state index in [9.17, 15) is 73.2 Å². The van der Waals surface area contributed by atoms with Crippen LogP contribution in [0.25, 0.3) is 0 Å². The fourth-order valence-corrected chi connectivity index (χ4v) is 9.30. The van der Waals surface area contributed by atoms with Gasteiger partial charge in [0.15, 0.2) is 0 Å². The summed E-state index contributed by atoms with van der Waals surface area (Å²) >= 11 is 0. The molecule has 506 valence electrons. The zero-order chi connectivity index (χ0) is 68.2. The summed E-state index contributed by atoms with van der Waals surface area (Å²) in [6.45, 7) is 21.6. The Balaban J connectivity index is 1.57. The molecular weight excluding hydrogens is 1180 g/mol. The minimum atomic E-state index is -0.942. The summed E-state index contributed by atoms with van der Waals surface area (Å²) in [5, 5.41) is 54.8. The Hall–Kier alpha value is -8.77. The van der Waals surface area contributed by atoms with Crippen molar-refractivity contribution in [2.24, 2.45) is 17.8 Å². The third-order valence-electron chi connectivity index (χ3n) is 14.8. The molecule has 3 aromatic rings. The van der Waals surface area contributed by atoms with E-state index in [1.54, 1.807) is 20.8 Å². The molecule has 3 aromatic heterocycles. The van der Waals surface area contributed by atoms with Crippen LogP contribution < -0.4 is 64.5 Å². The van der Waals surface area contributed by atoms with Gasteiger partial charge in [-0.1, -0.05) is 41.5 Å². The first kappa shape index (κ1) is 76.5. The number of rotatable bonds is 39. The Morgan fingerprint density at radius 3 is 0.846 bits per heavy atom. The van der Waals surface area contributed by atoms with Crippen molar-refractivity contribution in [3.63, 3.8) is 0 Å². The average Bonchev–Trinajstić information content (AvgIpc) is 1.94. The maximum absolute atomic E-state index is 13.3. The van der Waals surface area contributed by atoms with Crippen molar-refractivity contribution in [2.45, 2.75) is 178 Å². The van der Waals surface area contributed by atoms with Crippen LogP contribution in [0.2, 0.25) is 0 Å². The zero-order valence-corrected chi connectivity index (χ0v) is 54.7. The summed E-state index contributed by atoms with van der Waals surface area (Å²) in [4.78, 5) is 170. The molecule has 12 N–H and O–H groups in total. The van der Waals surface area contributed by atoms with Crippen LogP contribution >= 0.6 is 0 Å². The molecular formula is C60H96N16O15. The number of hydrogen-bond acceptors (Lipinski definition) is 19. The Labute approximate surface area is 529 Å². The molecule has 0 aliphatic rings. The van der Waals surface area contributed by atoms with Crippen LogP contribution in [0, 0.1) is 59.3 Å². The van der Waals surface area contributed by atoms with Crippen molar-refractivity contribution >= 4 is 53.2 Å². The van der Waals surface area contributed by atoms with Gasteiger partial charge in [0.05, 0.1) is 34.2 Å². The van der Waals surface area contributed by atoms with Crippen molar-refractivity contribution < 1.29 is 58.8 Å². The van der Waals surface area contributed by atoms with Gasteiger partial charge in [-0.15, -0.1) is 14.2 Å². The number of carbonyl (C=O) groups is 9. The van der Waals surface area contributed by atoms with E-state index in [2.05, 4.69) is 62.8 Å². The fourth-order valence-electron chi connectivity index (χ4n) is 9.30. The third-order valence-corrected chi connectivity index (χ3v) is 14.8. The molecule has 3 rings (SSSR count). The summed E-state index contributed by atoms with van der Waals surface area (Å²) in [6.07, 6.45) is -0.260. The number of nitrogens with zero attached hydrogens (tertiary/aromatic N) is 7. The van der Waals surface area contributed by atoms with Gasteiger partial charge in [-0.05, 0) is 78.6 Å². The van der Waals surface area contributed by atoms with Crippen LogP contribution in [0.4, 0.5) is 0 Å². The van der Waals surface area contributed by atoms with Crippen molar-refractivity contribution in [1.82, 2.24) is 81.9 Å². The van der Waals surface area contributed by atoms with E-state index in [1.165, 1.54) is 20.8 Å². The average molecular weight is 1280 g/mol. The number of hydrogen-bond donors (Lipinski definition) is 12. The topological polar surface area (TPSA) is 430 Å². The lowest BCUT2D eigenvalue weighted by atomic mass is 10.0. The molecule has 0 aromatic carbocycles. The van der Waals surface area contributed by atoms with Crippen molar-refractivity contribution in [1.29, 1.82) is 0 Å². The molecule has 0 aliphatic carbocycles. The standard InChI is InChI=1S/C60H96N16O15/c1-34(2)31-46(70-52(80)16-13-43-58(86)74(89)40(10)37(7)67-43)55(83)64-22-19-49(77)61-25-28-73(29-26-62-50(78)20-23-65-56(84)47(32-35(3)4)71-53(81)17-14-44-59(87)75(90)41(11)38(8)68-44)30-27-63-51(79)21-24-66-57(85)48(33-36(5)6)72-54(82)18-15-45-60(88)76(91)42(12)39(9)69-45/h34-36,46-48,89-91H,13-33H2,1-12H3,(H,61,77)(H,62,78)(H,63,79)(H,64,83)(H,65,84)(H,66,85)(H,70,80)(H,71,81)(H,72,82)/t46-,47-,48-/m0/s1. The maximum Gasteiger partial charge on any atom is 0.304 e. The maximum atomic E-state index is 13.3. The van der Waals surface area contributed by atoms with Gasteiger partial charge in [-0.25, -0.2) is 0 Å². The van der Waals surface area contributed by atoms with Crippen LogP contribution in [-0.4, -0.2) is 180 Å². The molecule has 0 unspecified atom stereocenters. The molecule has 3 atom stereocenters. The van der Waals surface area contributed by atoms with E-state index in [1.807, 2.05) is 46.4 Å². The van der Waals surface area contributed by atoms with Gasteiger partial charge >= 0.3 is 16.7 Å². The van der Waals surface area contributed by atoms with E-state index in [0.29, 0.717) is 31.3 Å². The normalized spacial score (nSPS) is 12.3. The Morgan fingerprint density at radius 1 is 0.374 bits per heavy atom. The van der Waals surface area contributed by atoms with E-state index >= 15 is 0 Å². The number of aryl methyl sites for hydroxylation is 6. The van der Waals surface area contributed by atoms with E-state index in [0.717, 1.165) is 0 Å². The SMILES string of the molecule is Cc1nc(CCC(=O)N[C@@H](CC(C)C)C(=O)NCCC(=O)NCCN(CCNC(=O)CCNC(=O)[C@H](CC(C)C)NC(=O)CCc2nc(C)c(C)n(O)c2=O)CCNC(=O)CCNC(=O)[C@H](CC(C)C)NC(=O)CCc2nc(C)c(C)n(O)c2=O)c(=O)n(O)c1C.